The highest BCUT2D eigenvalue weighted by Gasteiger charge is 2.12. The molecule has 0 saturated carbocycles. The maximum Gasteiger partial charge on any atom is 0.0900 e. The van der Waals surface area contributed by atoms with E-state index in [1.165, 1.54) is 15.8 Å². The fourth-order valence-electron chi connectivity index (χ4n) is 2.41. The van der Waals surface area contributed by atoms with Gasteiger partial charge in [-0.2, -0.15) is 0 Å². The Bertz CT molecular complexity index is 711. The van der Waals surface area contributed by atoms with E-state index in [9.17, 15) is 0 Å². The SMILES string of the molecule is Cc1nc(C)c(C(C)Nc2ccc3[nH]ccc3c2)s1. The van der Waals surface area contributed by atoms with Crippen LogP contribution in [0, 0.1) is 13.8 Å². The van der Waals surface area contributed by atoms with Crippen molar-refractivity contribution < 1.29 is 0 Å². The fourth-order valence-corrected chi connectivity index (χ4v) is 3.34. The van der Waals surface area contributed by atoms with E-state index in [0.29, 0.717) is 0 Å². The molecule has 0 amide bonds. The molecular formula is C15H17N3S. The third-order valence-electron chi connectivity index (χ3n) is 3.27. The van der Waals surface area contributed by atoms with Crippen molar-refractivity contribution in [1.29, 1.82) is 0 Å². The molecule has 0 aliphatic heterocycles. The summed E-state index contributed by atoms with van der Waals surface area (Å²) in [6.45, 7) is 6.31. The number of aromatic amines is 1. The number of hydrogen-bond acceptors (Lipinski definition) is 3. The second-order valence-corrected chi connectivity index (χ2v) is 6.06. The second-order valence-electron chi connectivity index (χ2n) is 4.83. The molecule has 3 nitrogen and oxygen atoms in total. The van der Waals surface area contributed by atoms with E-state index >= 15 is 0 Å². The zero-order valence-electron chi connectivity index (χ0n) is 11.3. The van der Waals surface area contributed by atoms with E-state index in [2.05, 4.69) is 60.3 Å². The minimum atomic E-state index is 0.280. The number of rotatable bonds is 3. The summed E-state index contributed by atoms with van der Waals surface area (Å²) in [7, 11) is 0. The molecule has 1 atom stereocenters. The predicted molar refractivity (Wildman–Crippen MR) is 81.9 cm³/mol. The molecular weight excluding hydrogens is 254 g/mol. The van der Waals surface area contributed by atoms with Gasteiger partial charge in [-0.25, -0.2) is 4.98 Å². The maximum atomic E-state index is 4.49. The number of fused-ring (bicyclic) bond motifs is 1. The number of nitrogens with zero attached hydrogens (tertiary/aromatic N) is 1. The minimum absolute atomic E-state index is 0.280. The molecule has 0 spiro atoms. The van der Waals surface area contributed by atoms with Crippen LogP contribution in [0.2, 0.25) is 0 Å². The first-order chi connectivity index (χ1) is 9.13. The molecule has 2 N–H and O–H groups in total. The molecule has 19 heavy (non-hydrogen) atoms. The smallest absolute Gasteiger partial charge is 0.0900 e. The van der Waals surface area contributed by atoms with Crippen molar-refractivity contribution in [2.24, 2.45) is 0 Å². The van der Waals surface area contributed by atoms with Gasteiger partial charge in [0.2, 0.25) is 0 Å². The molecule has 0 bridgehead atoms. The van der Waals surface area contributed by atoms with Crippen LogP contribution >= 0.6 is 11.3 Å². The Morgan fingerprint density at radius 1 is 1.26 bits per heavy atom. The van der Waals surface area contributed by atoms with Gasteiger partial charge >= 0.3 is 0 Å². The number of hydrogen-bond donors (Lipinski definition) is 2. The van der Waals surface area contributed by atoms with Crippen molar-refractivity contribution in [3.63, 3.8) is 0 Å². The highest BCUT2D eigenvalue weighted by Crippen LogP contribution is 2.28. The van der Waals surface area contributed by atoms with Crippen molar-refractivity contribution in [2.75, 3.05) is 5.32 Å². The van der Waals surface area contributed by atoms with Gasteiger partial charge in [-0.15, -0.1) is 11.3 Å². The van der Waals surface area contributed by atoms with Crippen LogP contribution in [0.1, 0.15) is 28.5 Å². The van der Waals surface area contributed by atoms with Crippen LogP contribution in [0.25, 0.3) is 10.9 Å². The number of H-pyrrole nitrogens is 1. The van der Waals surface area contributed by atoms with Crippen molar-refractivity contribution in [3.05, 3.63) is 46.0 Å². The maximum absolute atomic E-state index is 4.49. The number of aryl methyl sites for hydroxylation is 2. The average molecular weight is 271 g/mol. The summed E-state index contributed by atoms with van der Waals surface area (Å²) in [5.74, 6) is 0. The first-order valence-corrected chi connectivity index (χ1v) is 7.23. The van der Waals surface area contributed by atoms with Crippen LogP contribution in [0.4, 0.5) is 5.69 Å². The number of nitrogens with one attached hydrogen (secondary N) is 2. The first-order valence-electron chi connectivity index (χ1n) is 6.41. The summed E-state index contributed by atoms with van der Waals surface area (Å²) >= 11 is 1.77. The molecule has 0 radical (unpaired) electrons. The van der Waals surface area contributed by atoms with Gasteiger partial charge < -0.3 is 10.3 Å². The van der Waals surface area contributed by atoms with E-state index in [1.807, 2.05) is 6.20 Å². The molecule has 0 aliphatic carbocycles. The Hall–Kier alpha value is -1.81. The molecule has 3 rings (SSSR count). The van der Waals surface area contributed by atoms with Gasteiger partial charge in [0.25, 0.3) is 0 Å². The Morgan fingerprint density at radius 3 is 2.84 bits per heavy atom. The lowest BCUT2D eigenvalue weighted by atomic mass is 10.2. The molecule has 0 fully saturated rings. The highest BCUT2D eigenvalue weighted by molar-refractivity contribution is 7.11. The quantitative estimate of drug-likeness (QED) is 0.740. The Kier molecular flexibility index (Phi) is 3.03. The number of thiazole rings is 1. The van der Waals surface area contributed by atoms with Gasteiger partial charge in [0.05, 0.1) is 16.7 Å². The van der Waals surface area contributed by atoms with Crippen LogP contribution in [-0.4, -0.2) is 9.97 Å². The third-order valence-corrected chi connectivity index (χ3v) is 4.52. The second kappa shape index (κ2) is 4.70. The minimum Gasteiger partial charge on any atom is -0.378 e. The normalized spacial score (nSPS) is 12.8. The number of anilines is 1. The van der Waals surface area contributed by atoms with Gasteiger partial charge in [0.1, 0.15) is 0 Å². The molecule has 98 valence electrons. The summed E-state index contributed by atoms with van der Waals surface area (Å²) in [5.41, 5.74) is 3.44. The highest BCUT2D eigenvalue weighted by atomic mass is 32.1. The first kappa shape index (κ1) is 12.2. The predicted octanol–water partition coefficient (Wildman–Crippen LogP) is 4.41. The van der Waals surface area contributed by atoms with Gasteiger partial charge in [-0.05, 0) is 45.0 Å². The standard InChI is InChI=1S/C15H17N3S/c1-9-15(19-11(3)17-9)10(2)18-13-4-5-14-12(8-13)6-7-16-14/h4-8,10,16,18H,1-3H3. The molecule has 1 unspecified atom stereocenters. The molecule has 2 heterocycles. The Morgan fingerprint density at radius 2 is 2.11 bits per heavy atom. The zero-order valence-corrected chi connectivity index (χ0v) is 12.1. The molecule has 3 aromatic rings. The lowest BCUT2D eigenvalue weighted by molar-refractivity contribution is 0.890. The molecule has 2 aromatic heterocycles. The van der Waals surface area contributed by atoms with Crippen LogP contribution in [0.15, 0.2) is 30.5 Å². The van der Waals surface area contributed by atoms with Crippen LogP contribution in [0.3, 0.4) is 0 Å². The molecule has 0 aliphatic rings. The Balaban J connectivity index is 1.85. The van der Waals surface area contributed by atoms with Gasteiger partial charge in [0.15, 0.2) is 0 Å². The third kappa shape index (κ3) is 2.36. The average Bonchev–Trinajstić information content (AvgIpc) is 2.94. The summed E-state index contributed by atoms with van der Waals surface area (Å²) < 4.78 is 0. The van der Waals surface area contributed by atoms with Gasteiger partial charge in [0, 0.05) is 27.7 Å². The summed E-state index contributed by atoms with van der Waals surface area (Å²) in [5, 5.41) is 5.91. The van der Waals surface area contributed by atoms with E-state index in [1.54, 1.807) is 11.3 Å². The topological polar surface area (TPSA) is 40.7 Å². The lowest BCUT2D eigenvalue weighted by Crippen LogP contribution is -2.06. The summed E-state index contributed by atoms with van der Waals surface area (Å²) in [6.07, 6.45) is 1.97. The summed E-state index contributed by atoms with van der Waals surface area (Å²) in [6, 6.07) is 8.76. The van der Waals surface area contributed by atoms with Crippen molar-refractivity contribution in [1.82, 2.24) is 9.97 Å². The van der Waals surface area contributed by atoms with Gasteiger partial charge in [-0.3, -0.25) is 0 Å². The lowest BCUT2D eigenvalue weighted by Gasteiger charge is -2.14. The molecule has 1 aromatic carbocycles. The van der Waals surface area contributed by atoms with Crippen LogP contribution < -0.4 is 5.32 Å². The molecule has 4 heteroatoms. The largest absolute Gasteiger partial charge is 0.378 e. The van der Waals surface area contributed by atoms with E-state index < -0.39 is 0 Å². The zero-order chi connectivity index (χ0) is 13.4. The fraction of sp³-hybridized carbons (Fsp3) is 0.267. The number of aromatic nitrogens is 2. The van der Waals surface area contributed by atoms with E-state index in [-0.39, 0.29) is 6.04 Å². The number of benzene rings is 1. The molecule has 0 saturated heterocycles. The van der Waals surface area contributed by atoms with Crippen LogP contribution in [0.5, 0.6) is 0 Å². The van der Waals surface area contributed by atoms with Crippen LogP contribution in [-0.2, 0) is 0 Å². The van der Waals surface area contributed by atoms with Crippen molar-refractivity contribution in [3.8, 4) is 0 Å². The van der Waals surface area contributed by atoms with Gasteiger partial charge in [-0.1, -0.05) is 0 Å². The van der Waals surface area contributed by atoms with E-state index in [4.69, 9.17) is 0 Å². The Labute approximate surface area is 116 Å². The summed E-state index contributed by atoms with van der Waals surface area (Å²) in [4.78, 5) is 9.01. The van der Waals surface area contributed by atoms with Crippen molar-refractivity contribution in [2.45, 2.75) is 26.8 Å². The van der Waals surface area contributed by atoms with E-state index in [0.717, 1.165) is 16.4 Å². The van der Waals surface area contributed by atoms with Crippen molar-refractivity contribution >= 4 is 27.9 Å². The monoisotopic (exact) mass is 271 g/mol.